The molecule has 20 heavy (non-hydrogen) atoms. The van der Waals surface area contributed by atoms with Gasteiger partial charge in [-0.15, -0.1) is 0 Å². The number of benzene rings is 1. The van der Waals surface area contributed by atoms with Crippen molar-refractivity contribution in [2.45, 2.75) is 20.4 Å². The number of hydrogen-bond acceptors (Lipinski definition) is 2. The average molecular weight is 297 g/mol. The quantitative estimate of drug-likeness (QED) is 0.885. The molecule has 0 atom stereocenters. The van der Waals surface area contributed by atoms with Crippen LogP contribution in [0.15, 0.2) is 33.9 Å². The van der Waals surface area contributed by atoms with Crippen LogP contribution in [0, 0.1) is 11.7 Å². The van der Waals surface area contributed by atoms with Crippen LogP contribution >= 0.6 is 11.6 Å². The summed E-state index contributed by atoms with van der Waals surface area (Å²) in [6.45, 7) is 4.05. The molecular formula is C14H14ClFN2O2. The molecule has 106 valence electrons. The summed E-state index contributed by atoms with van der Waals surface area (Å²) in [6.07, 6.45) is 0. The summed E-state index contributed by atoms with van der Waals surface area (Å²) in [7, 11) is 0. The van der Waals surface area contributed by atoms with E-state index in [4.69, 9.17) is 11.6 Å². The van der Waals surface area contributed by atoms with Crippen LogP contribution in [0.3, 0.4) is 0 Å². The van der Waals surface area contributed by atoms with Gasteiger partial charge in [0.25, 0.3) is 5.56 Å². The maximum Gasteiger partial charge on any atom is 0.329 e. The van der Waals surface area contributed by atoms with E-state index in [1.165, 1.54) is 18.2 Å². The molecule has 0 aliphatic rings. The van der Waals surface area contributed by atoms with Crippen LogP contribution in [-0.4, -0.2) is 9.55 Å². The van der Waals surface area contributed by atoms with Gasteiger partial charge in [-0.25, -0.2) is 9.18 Å². The van der Waals surface area contributed by atoms with Gasteiger partial charge in [-0.1, -0.05) is 37.6 Å². The maximum absolute atomic E-state index is 13.3. The van der Waals surface area contributed by atoms with Crippen molar-refractivity contribution in [1.82, 2.24) is 9.55 Å². The first-order chi connectivity index (χ1) is 9.40. The predicted octanol–water partition coefficient (Wildman–Crippen LogP) is 2.65. The van der Waals surface area contributed by atoms with Crippen molar-refractivity contribution < 1.29 is 4.39 Å². The first-order valence-corrected chi connectivity index (χ1v) is 6.56. The first-order valence-electron chi connectivity index (χ1n) is 6.18. The average Bonchev–Trinajstić information content (AvgIpc) is 2.34. The Labute approximate surface area is 119 Å². The highest BCUT2D eigenvalue weighted by Crippen LogP contribution is 2.22. The van der Waals surface area contributed by atoms with Gasteiger partial charge in [-0.3, -0.25) is 14.3 Å². The summed E-state index contributed by atoms with van der Waals surface area (Å²) >= 11 is 5.94. The van der Waals surface area contributed by atoms with Crippen LogP contribution in [0.25, 0.3) is 11.1 Å². The van der Waals surface area contributed by atoms with Gasteiger partial charge >= 0.3 is 5.69 Å². The van der Waals surface area contributed by atoms with E-state index in [9.17, 15) is 14.0 Å². The molecule has 0 aliphatic heterocycles. The Hall–Kier alpha value is -1.88. The molecule has 0 radical (unpaired) electrons. The minimum atomic E-state index is -0.561. The highest BCUT2D eigenvalue weighted by molar-refractivity contribution is 6.32. The number of halogens is 2. The van der Waals surface area contributed by atoms with Crippen LogP contribution in [0.2, 0.25) is 5.15 Å². The van der Waals surface area contributed by atoms with Crippen LogP contribution < -0.4 is 11.2 Å². The molecule has 0 aliphatic carbocycles. The molecule has 6 heteroatoms. The van der Waals surface area contributed by atoms with E-state index in [0.717, 1.165) is 4.57 Å². The van der Waals surface area contributed by atoms with Crippen molar-refractivity contribution in [3.8, 4) is 11.1 Å². The van der Waals surface area contributed by atoms with Crippen LogP contribution in [0.1, 0.15) is 13.8 Å². The van der Waals surface area contributed by atoms with Gasteiger partial charge in [0.05, 0.1) is 5.56 Å². The van der Waals surface area contributed by atoms with Crippen molar-refractivity contribution in [1.29, 1.82) is 0 Å². The molecule has 1 aromatic heterocycles. The number of nitrogens with one attached hydrogen (secondary N) is 1. The summed E-state index contributed by atoms with van der Waals surface area (Å²) in [5.41, 5.74) is -0.632. The molecule has 0 bridgehead atoms. The molecule has 1 heterocycles. The molecule has 0 fully saturated rings. The SMILES string of the molecule is CC(C)Cn1c(=O)[nH]c(Cl)c(-c2cccc(F)c2)c1=O. The van der Waals surface area contributed by atoms with Gasteiger partial charge in [-0.05, 0) is 23.6 Å². The minimum Gasteiger partial charge on any atom is -0.297 e. The molecule has 0 unspecified atom stereocenters. The lowest BCUT2D eigenvalue weighted by Gasteiger charge is -2.11. The van der Waals surface area contributed by atoms with Gasteiger partial charge < -0.3 is 0 Å². The molecule has 4 nitrogen and oxygen atoms in total. The first kappa shape index (κ1) is 14.5. The van der Waals surface area contributed by atoms with Gasteiger partial charge in [0, 0.05) is 6.54 Å². The topological polar surface area (TPSA) is 54.9 Å². The number of aromatic nitrogens is 2. The van der Waals surface area contributed by atoms with Crippen LogP contribution in [0.4, 0.5) is 4.39 Å². The van der Waals surface area contributed by atoms with E-state index in [-0.39, 0.29) is 23.2 Å². The lowest BCUT2D eigenvalue weighted by molar-refractivity contribution is 0.493. The lowest BCUT2D eigenvalue weighted by atomic mass is 10.1. The van der Waals surface area contributed by atoms with E-state index >= 15 is 0 Å². The van der Waals surface area contributed by atoms with Gasteiger partial charge in [0.1, 0.15) is 11.0 Å². The number of rotatable bonds is 3. The Bertz CT molecular complexity index is 750. The van der Waals surface area contributed by atoms with E-state index in [1.54, 1.807) is 6.07 Å². The van der Waals surface area contributed by atoms with Gasteiger partial charge in [-0.2, -0.15) is 0 Å². The second-order valence-electron chi connectivity index (χ2n) is 4.94. The zero-order chi connectivity index (χ0) is 14.9. The number of H-pyrrole nitrogens is 1. The van der Waals surface area contributed by atoms with Crippen molar-refractivity contribution in [3.63, 3.8) is 0 Å². The third-order valence-corrected chi connectivity index (χ3v) is 3.08. The zero-order valence-corrected chi connectivity index (χ0v) is 11.9. The standard InChI is InChI=1S/C14H14ClFN2O2/c1-8(2)7-18-13(19)11(12(15)17-14(18)20)9-4-3-5-10(16)6-9/h3-6,8H,7H2,1-2H3,(H,17,20). The van der Waals surface area contributed by atoms with E-state index in [2.05, 4.69) is 4.98 Å². The highest BCUT2D eigenvalue weighted by atomic mass is 35.5. The van der Waals surface area contributed by atoms with Gasteiger partial charge in [0.2, 0.25) is 0 Å². The Morgan fingerprint density at radius 1 is 1.35 bits per heavy atom. The third-order valence-electron chi connectivity index (χ3n) is 2.80. The zero-order valence-electron chi connectivity index (χ0n) is 11.1. The van der Waals surface area contributed by atoms with Gasteiger partial charge in [0.15, 0.2) is 0 Å². The normalized spacial score (nSPS) is 11.1. The molecule has 0 amide bonds. The molecule has 1 aromatic carbocycles. The Morgan fingerprint density at radius 2 is 2.05 bits per heavy atom. The maximum atomic E-state index is 13.3. The fourth-order valence-corrected chi connectivity index (χ4v) is 2.24. The molecule has 2 rings (SSSR count). The van der Waals surface area contributed by atoms with Crippen LogP contribution in [-0.2, 0) is 6.54 Å². The van der Waals surface area contributed by atoms with E-state index < -0.39 is 17.1 Å². The van der Waals surface area contributed by atoms with E-state index in [1.807, 2.05) is 13.8 Å². The second kappa shape index (κ2) is 5.63. The lowest BCUT2D eigenvalue weighted by Crippen LogP contribution is -2.37. The monoisotopic (exact) mass is 296 g/mol. The Balaban J connectivity index is 2.71. The minimum absolute atomic E-state index is 0.0781. The van der Waals surface area contributed by atoms with E-state index in [0.29, 0.717) is 5.56 Å². The summed E-state index contributed by atoms with van der Waals surface area (Å²) in [5.74, 6) is -0.352. The largest absolute Gasteiger partial charge is 0.329 e. The Morgan fingerprint density at radius 3 is 2.65 bits per heavy atom. The molecule has 0 spiro atoms. The fourth-order valence-electron chi connectivity index (χ4n) is 1.97. The molecule has 1 N–H and O–H groups in total. The molecule has 2 aromatic rings. The second-order valence-corrected chi connectivity index (χ2v) is 5.32. The summed E-state index contributed by atoms with van der Waals surface area (Å²) in [4.78, 5) is 26.6. The summed E-state index contributed by atoms with van der Waals surface area (Å²) < 4.78 is 14.4. The highest BCUT2D eigenvalue weighted by Gasteiger charge is 2.15. The third kappa shape index (κ3) is 2.82. The van der Waals surface area contributed by atoms with Crippen molar-refractivity contribution in [2.24, 2.45) is 5.92 Å². The fraction of sp³-hybridized carbons (Fsp3) is 0.286. The molecule has 0 saturated heterocycles. The number of hydrogen-bond donors (Lipinski definition) is 1. The van der Waals surface area contributed by atoms with Crippen LogP contribution in [0.5, 0.6) is 0 Å². The molecule has 0 saturated carbocycles. The summed E-state index contributed by atoms with van der Waals surface area (Å²) in [6, 6.07) is 5.54. The van der Waals surface area contributed by atoms with Crippen molar-refractivity contribution in [3.05, 3.63) is 56.1 Å². The number of aromatic amines is 1. The number of nitrogens with zero attached hydrogens (tertiary/aromatic N) is 1. The predicted molar refractivity (Wildman–Crippen MR) is 76.6 cm³/mol. The molecular weight excluding hydrogens is 283 g/mol. The smallest absolute Gasteiger partial charge is 0.297 e. The Kier molecular flexibility index (Phi) is 4.09. The van der Waals surface area contributed by atoms with Crippen molar-refractivity contribution in [2.75, 3.05) is 0 Å². The summed E-state index contributed by atoms with van der Waals surface area (Å²) in [5, 5.41) is -0.0781. The van der Waals surface area contributed by atoms with Crippen molar-refractivity contribution >= 4 is 11.6 Å².